The fraction of sp³-hybridized carbons (Fsp3) is 0.0455. The molecule has 0 aliphatic heterocycles. The third-order valence-corrected chi connectivity index (χ3v) is 6.03. The number of H-pyrrole nitrogens is 2. The zero-order valence-corrected chi connectivity index (χ0v) is 16.7. The van der Waals surface area contributed by atoms with Crippen molar-refractivity contribution in [2.45, 2.75) is 6.92 Å². The first-order valence-corrected chi connectivity index (χ1v) is 10.2. The number of hydrogen-bond acceptors (Lipinski definition) is 6. The summed E-state index contributed by atoms with van der Waals surface area (Å²) in [5.41, 5.74) is 6.13. The van der Waals surface area contributed by atoms with Crippen molar-refractivity contribution in [1.29, 1.82) is 0 Å². The van der Waals surface area contributed by atoms with Crippen LogP contribution in [-0.2, 0) is 0 Å². The molecule has 6 heterocycles. The maximum atomic E-state index is 4.87. The van der Waals surface area contributed by atoms with Crippen LogP contribution in [0.2, 0.25) is 0 Å². The number of rotatable bonds is 3. The van der Waals surface area contributed by atoms with Gasteiger partial charge in [0.15, 0.2) is 5.82 Å². The zero-order valence-electron chi connectivity index (χ0n) is 15.9. The van der Waals surface area contributed by atoms with E-state index in [0.717, 1.165) is 49.5 Å². The van der Waals surface area contributed by atoms with Crippen LogP contribution in [0.1, 0.15) is 4.88 Å². The number of aromatic nitrogens is 7. The summed E-state index contributed by atoms with van der Waals surface area (Å²) < 4.78 is 0. The van der Waals surface area contributed by atoms with E-state index in [-0.39, 0.29) is 0 Å². The van der Waals surface area contributed by atoms with Crippen LogP contribution in [0.15, 0.2) is 61.2 Å². The molecule has 0 aliphatic carbocycles. The van der Waals surface area contributed by atoms with E-state index in [9.17, 15) is 0 Å². The molecule has 0 radical (unpaired) electrons. The Hall–Kier alpha value is -3.91. The molecule has 30 heavy (non-hydrogen) atoms. The van der Waals surface area contributed by atoms with E-state index < -0.39 is 0 Å². The van der Waals surface area contributed by atoms with Crippen molar-refractivity contribution >= 4 is 33.3 Å². The van der Waals surface area contributed by atoms with Crippen LogP contribution in [0, 0.1) is 6.92 Å². The van der Waals surface area contributed by atoms with Crippen LogP contribution >= 0.6 is 11.3 Å². The zero-order chi connectivity index (χ0) is 20.1. The maximum absolute atomic E-state index is 4.87. The molecule has 0 spiro atoms. The molecular formula is C22H15N7S. The summed E-state index contributed by atoms with van der Waals surface area (Å²) in [4.78, 5) is 23.8. The minimum atomic E-state index is 0.700. The first-order chi connectivity index (χ1) is 14.8. The molecule has 6 aromatic rings. The normalized spacial score (nSPS) is 11.5. The SMILES string of the molecule is Cc1ccc(-c2nccc3[nH]c(-c4n[nH]c5cnc(-c6ccncc6)cc45)nc23)s1. The van der Waals surface area contributed by atoms with Crippen LogP contribution in [0.3, 0.4) is 0 Å². The molecule has 0 aromatic carbocycles. The van der Waals surface area contributed by atoms with Gasteiger partial charge in [0.05, 0.1) is 27.8 Å². The quantitative estimate of drug-likeness (QED) is 0.429. The van der Waals surface area contributed by atoms with E-state index in [1.807, 2.05) is 30.5 Å². The topological polar surface area (TPSA) is 96.0 Å². The molecule has 8 heteroatoms. The lowest BCUT2D eigenvalue weighted by atomic mass is 10.1. The summed E-state index contributed by atoms with van der Waals surface area (Å²) >= 11 is 1.71. The highest BCUT2D eigenvalue weighted by Crippen LogP contribution is 2.33. The number of nitrogens with zero attached hydrogens (tertiary/aromatic N) is 5. The Morgan fingerprint density at radius 3 is 2.63 bits per heavy atom. The van der Waals surface area contributed by atoms with E-state index in [4.69, 9.17) is 4.98 Å². The Morgan fingerprint density at radius 1 is 0.900 bits per heavy atom. The van der Waals surface area contributed by atoms with Gasteiger partial charge in [0.2, 0.25) is 0 Å². The van der Waals surface area contributed by atoms with Gasteiger partial charge in [-0.05, 0) is 43.3 Å². The fourth-order valence-corrected chi connectivity index (χ4v) is 4.43. The largest absolute Gasteiger partial charge is 0.336 e. The van der Waals surface area contributed by atoms with Gasteiger partial charge >= 0.3 is 0 Å². The molecule has 7 nitrogen and oxygen atoms in total. The van der Waals surface area contributed by atoms with Crippen LogP contribution in [0.25, 0.3) is 55.3 Å². The van der Waals surface area contributed by atoms with Gasteiger partial charge in [0.25, 0.3) is 0 Å². The lowest BCUT2D eigenvalue weighted by Gasteiger charge is -2.00. The average Bonchev–Trinajstić information content (AvgIpc) is 3.51. The summed E-state index contributed by atoms with van der Waals surface area (Å²) in [6, 6.07) is 12.0. The number of nitrogens with one attached hydrogen (secondary N) is 2. The molecule has 6 aromatic heterocycles. The second-order valence-electron chi connectivity index (χ2n) is 6.97. The molecule has 0 unspecified atom stereocenters. The van der Waals surface area contributed by atoms with Gasteiger partial charge in [-0.2, -0.15) is 5.10 Å². The number of hydrogen-bond donors (Lipinski definition) is 2. The number of fused-ring (bicyclic) bond motifs is 2. The van der Waals surface area contributed by atoms with Crippen molar-refractivity contribution in [3.63, 3.8) is 0 Å². The minimum Gasteiger partial charge on any atom is -0.336 e. The van der Waals surface area contributed by atoms with Crippen molar-refractivity contribution < 1.29 is 0 Å². The Labute approximate surface area is 174 Å². The molecule has 144 valence electrons. The van der Waals surface area contributed by atoms with E-state index in [1.165, 1.54) is 4.88 Å². The molecule has 0 atom stereocenters. The second-order valence-corrected chi connectivity index (χ2v) is 8.26. The van der Waals surface area contributed by atoms with E-state index in [1.54, 1.807) is 29.9 Å². The number of imidazole rings is 1. The molecule has 2 N–H and O–H groups in total. The minimum absolute atomic E-state index is 0.700. The predicted octanol–water partition coefficient (Wildman–Crippen LogP) is 5.00. The highest BCUT2D eigenvalue weighted by atomic mass is 32.1. The van der Waals surface area contributed by atoms with E-state index in [0.29, 0.717) is 5.82 Å². The van der Waals surface area contributed by atoms with Gasteiger partial charge < -0.3 is 4.98 Å². The first kappa shape index (κ1) is 17.0. The second kappa shape index (κ2) is 6.57. The Balaban J connectivity index is 1.52. The average molecular weight is 409 g/mol. The standard InChI is InChI=1S/C22H15N7S/c1-12-2-3-18(30-12)21-20-15(6-9-24-21)26-22(27-20)19-14-10-16(13-4-7-23-8-5-13)25-11-17(14)28-29-19/h2-11H,1H3,(H,26,27)(H,28,29). The third kappa shape index (κ3) is 2.69. The van der Waals surface area contributed by atoms with Crippen LogP contribution < -0.4 is 0 Å². The monoisotopic (exact) mass is 409 g/mol. The van der Waals surface area contributed by atoms with Gasteiger partial charge in [-0.25, -0.2) is 4.98 Å². The number of pyridine rings is 3. The third-order valence-electron chi connectivity index (χ3n) is 5.02. The summed E-state index contributed by atoms with van der Waals surface area (Å²) in [6.07, 6.45) is 7.13. The molecule has 0 saturated carbocycles. The predicted molar refractivity (Wildman–Crippen MR) is 118 cm³/mol. The first-order valence-electron chi connectivity index (χ1n) is 9.43. The Morgan fingerprint density at radius 2 is 1.80 bits per heavy atom. The Kier molecular flexibility index (Phi) is 3.72. The summed E-state index contributed by atoms with van der Waals surface area (Å²) in [6.45, 7) is 2.09. The Bertz CT molecular complexity index is 1510. The van der Waals surface area contributed by atoms with Crippen molar-refractivity contribution in [2.75, 3.05) is 0 Å². The molecular weight excluding hydrogens is 394 g/mol. The molecule has 0 saturated heterocycles. The smallest absolute Gasteiger partial charge is 0.159 e. The summed E-state index contributed by atoms with van der Waals surface area (Å²) in [7, 11) is 0. The van der Waals surface area contributed by atoms with Crippen molar-refractivity contribution in [3.05, 3.63) is 66.1 Å². The highest BCUT2D eigenvalue weighted by molar-refractivity contribution is 7.15. The van der Waals surface area contributed by atoms with Gasteiger partial charge in [0.1, 0.15) is 16.9 Å². The van der Waals surface area contributed by atoms with Gasteiger partial charge in [-0.3, -0.25) is 20.1 Å². The molecule has 0 amide bonds. The lowest BCUT2D eigenvalue weighted by molar-refractivity contribution is 1.10. The van der Waals surface area contributed by atoms with Crippen LogP contribution in [0.5, 0.6) is 0 Å². The number of aromatic amines is 2. The number of thiophene rings is 1. The van der Waals surface area contributed by atoms with Crippen molar-refractivity contribution in [3.8, 4) is 33.3 Å². The fourth-order valence-electron chi connectivity index (χ4n) is 3.57. The molecule has 0 bridgehead atoms. The molecule has 6 rings (SSSR count). The summed E-state index contributed by atoms with van der Waals surface area (Å²) in [5.74, 6) is 0.700. The van der Waals surface area contributed by atoms with E-state index >= 15 is 0 Å². The summed E-state index contributed by atoms with van der Waals surface area (Å²) in [5, 5.41) is 8.53. The lowest BCUT2D eigenvalue weighted by Crippen LogP contribution is -1.85. The molecule has 0 fully saturated rings. The van der Waals surface area contributed by atoms with Crippen molar-refractivity contribution in [2.24, 2.45) is 0 Å². The maximum Gasteiger partial charge on any atom is 0.159 e. The van der Waals surface area contributed by atoms with Gasteiger partial charge in [-0.1, -0.05) is 0 Å². The van der Waals surface area contributed by atoms with Crippen LogP contribution in [0.4, 0.5) is 0 Å². The van der Waals surface area contributed by atoms with Gasteiger partial charge in [0, 0.05) is 34.4 Å². The highest BCUT2D eigenvalue weighted by Gasteiger charge is 2.17. The number of aryl methyl sites for hydroxylation is 1. The molecule has 0 aliphatic rings. The van der Waals surface area contributed by atoms with Crippen molar-refractivity contribution in [1.82, 2.24) is 35.1 Å². The van der Waals surface area contributed by atoms with Gasteiger partial charge in [-0.15, -0.1) is 11.3 Å². The van der Waals surface area contributed by atoms with E-state index in [2.05, 4.69) is 49.2 Å². The van der Waals surface area contributed by atoms with Crippen LogP contribution in [-0.4, -0.2) is 35.1 Å².